The summed E-state index contributed by atoms with van der Waals surface area (Å²) in [5, 5.41) is 0. The van der Waals surface area contributed by atoms with E-state index < -0.39 is 9.05 Å². The molecule has 20 heavy (non-hydrogen) atoms. The van der Waals surface area contributed by atoms with Crippen LogP contribution in [0.15, 0.2) is 18.2 Å². The summed E-state index contributed by atoms with van der Waals surface area (Å²) in [5.74, 6) is 0.584. The Kier molecular flexibility index (Phi) is 5.50. The van der Waals surface area contributed by atoms with Crippen LogP contribution in [0.4, 0.5) is 0 Å². The standard InChI is InChI=1S/C15H23ClO3S/c1-11-7-6-8-12(2)14(11)19-9-13(15(3,4)5)10-20(16,17)18/h6-8,13H,9-10H2,1-5H3. The highest BCUT2D eigenvalue weighted by molar-refractivity contribution is 8.13. The van der Waals surface area contributed by atoms with Gasteiger partial charge in [-0.15, -0.1) is 0 Å². The molecule has 3 nitrogen and oxygen atoms in total. The first-order valence-corrected chi connectivity index (χ1v) is 9.10. The smallest absolute Gasteiger partial charge is 0.233 e. The van der Waals surface area contributed by atoms with E-state index in [2.05, 4.69) is 0 Å². The molecule has 1 aromatic carbocycles. The van der Waals surface area contributed by atoms with Crippen LogP contribution in [-0.4, -0.2) is 20.8 Å². The second-order valence-corrected chi connectivity index (χ2v) is 9.12. The Morgan fingerprint density at radius 1 is 1.20 bits per heavy atom. The van der Waals surface area contributed by atoms with Gasteiger partial charge in [-0.2, -0.15) is 0 Å². The number of rotatable bonds is 5. The number of para-hydroxylation sites is 1. The molecule has 0 aliphatic rings. The molecule has 0 aliphatic heterocycles. The van der Waals surface area contributed by atoms with Gasteiger partial charge in [0.1, 0.15) is 5.75 Å². The maximum atomic E-state index is 11.3. The van der Waals surface area contributed by atoms with Gasteiger partial charge in [-0.05, 0) is 30.4 Å². The molecule has 0 aromatic heterocycles. The van der Waals surface area contributed by atoms with E-state index in [1.54, 1.807) is 0 Å². The average molecular weight is 319 g/mol. The molecule has 0 heterocycles. The van der Waals surface area contributed by atoms with Crippen molar-refractivity contribution in [1.29, 1.82) is 0 Å². The zero-order valence-corrected chi connectivity index (χ0v) is 14.3. The van der Waals surface area contributed by atoms with E-state index in [1.165, 1.54) is 0 Å². The molecule has 1 unspecified atom stereocenters. The second-order valence-electron chi connectivity index (χ2n) is 6.30. The fourth-order valence-electron chi connectivity index (χ4n) is 2.00. The summed E-state index contributed by atoms with van der Waals surface area (Å²) < 4.78 is 28.6. The van der Waals surface area contributed by atoms with E-state index >= 15 is 0 Å². The van der Waals surface area contributed by atoms with Crippen LogP contribution < -0.4 is 4.74 Å². The molecule has 0 saturated carbocycles. The Morgan fingerprint density at radius 3 is 2.10 bits per heavy atom. The Bertz CT molecular complexity index is 539. The Labute approximate surface area is 126 Å². The number of aryl methyl sites for hydroxylation is 2. The first-order valence-electron chi connectivity index (χ1n) is 6.62. The van der Waals surface area contributed by atoms with Crippen molar-refractivity contribution in [2.24, 2.45) is 11.3 Å². The van der Waals surface area contributed by atoms with E-state index in [1.807, 2.05) is 52.8 Å². The first kappa shape index (κ1) is 17.3. The van der Waals surface area contributed by atoms with Crippen molar-refractivity contribution in [2.45, 2.75) is 34.6 Å². The molecular formula is C15H23ClO3S. The van der Waals surface area contributed by atoms with E-state index in [9.17, 15) is 8.42 Å². The third kappa shape index (κ3) is 5.33. The summed E-state index contributed by atoms with van der Waals surface area (Å²) in [4.78, 5) is 0. The summed E-state index contributed by atoms with van der Waals surface area (Å²) in [7, 11) is 1.86. The van der Waals surface area contributed by atoms with Crippen molar-refractivity contribution in [2.75, 3.05) is 12.4 Å². The maximum Gasteiger partial charge on any atom is 0.233 e. The lowest BCUT2D eigenvalue weighted by Gasteiger charge is -2.30. The average Bonchev–Trinajstić information content (AvgIpc) is 2.23. The monoisotopic (exact) mass is 318 g/mol. The molecule has 0 radical (unpaired) electrons. The van der Waals surface area contributed by atoms with E-state index in [4.69, 9.17) is 15.4 Å². The lowest BCUT2D eigenvalue weighted by Crippen LogP contribution is -2.32. The molecule has 5 heteroatoms. The summed E-state index contributed by atoms with van der Waals surface area (Å²) in [6.45, 7) is 10.3. The van der Waals surface area contributed by atoms with Crippen LogP contribution in [0.1, 0.15) is 31.9 Å². The van der Waals surface area contributed by atoms with Crippen LogP contribution in [-0.2, 0) is 9.05 Å². The second kappa shape index (κ2) is 6.35. The fourth-order valence-corrected chi connectivity index (χ4v) is 3.53. The third-order valence-electron chi connectivity index (χ3n) is 3.46. The quantitative estimate of drug-likeness (QED) is 0.773. The zero-order chi connectivity index (χ0) is 15.6. The molecule has 0 fully saturated rings. The number of ether oxygens (including phenoxy) is 1. The topological polar surface area (TPSA) is 43.4 Å². The van der Waals surface area contributed by atoms with Gasteiger partial charge < -0.3 is 4.74 Å². The predicted molar refractivity (Wildman–Crippen MR) is 84.0 cm³/mol. The molecule has 0 N–H and O–H groups in total. The lowest BCUT2D eigenvalue weighted by atomic mass is 9.82. The van der Waals surface area contributed by atoms with Crippen LogP contribution in [0.5, 0.6) is 5.75 Å². The number of hydrogen-bond donors (Lipinski definition) is 0. The van der Waals surface area contributed by atoms with Gasteiger partial charge in [0.2, 0.25) is 9.05 Å². The van der Waals surface area contributed by atoms with Crippen LogP contribution in [0.2, 0.25) is 0 Å². The van der Waals surface area contributed by atoms with Crippen LogP contribution >= 0.6 is 10.7 Å². The van der Waals surface area contributed by atoms with E-state index in [0.717, 1.165) is 16.9 Å². The highest BCUT2D eigenvalue weighted by Gasteiger charge is 2.29. The van der Waals surface area contributed by atoms with Crippen molar-refractivity contribution in [3.63, 3.8) is 0 Å². The molecular weight excluding hydrogens is 296 g/mol. The summed E-state index contributed by atoms with van der Waals surface area (Å²) in [6.07, 6.45) is 0. The van der Waals surface area contributed by atoms with Crippen LogP contribution in [0.25, 0.3) is 0 Å². The molecule has 1 aromatic rings. The van der Waals surface area contributed by atoms with Crippen molar-refractivity contribution < 1.29 is 13.2 Å². The van der Waals surface area contributed by atoms with Crippen molar-refractivity contribution in [1.82, 2.24) is 0 Å². The zero-order valence-electron chi connectivity index (χ0n) is 12.7. The minimum Gasteiger partial charge on any atom is -0.493 e. The Morgan fingerprint density at radius 2 is 1.70 bits per heavy atom. The number of hydrogen-bond acceptors (Lipinski definition) is 3. The summed E-state index contributed by atoms with van der Waals surface area (Å²) in [6, 6.07) is 5.93. The largest absolute Gasteiger partial charge is 0.493 e. The van der Waals surface area contributed by atoms with E-state index in [-0.39, 0.29) is 17.1 Å². The number of benzene rings is 1. The molecule has 0 aliphatic carbocycles. The predicted octanol–water partition coefficient (Wildman–Crippen LogP) is 3.91. The van der Waals surface area contributed by atoms with Gasteiger partial charge in [0.25, 0.3) is 0 Å². The van der Waals surface area contributed by atoms with Gasteiger partial charge in [-0.3, -0.25) is 0 Å². The summed E-state index contributed by atoms with van der Waals surface area (Å²) in [5.41, 5.74) is 1.90. The molecule has 1 rings (SSSR count). The van der Waals surface area contributed by atoms with Gasteiger partial charge in [0, 0.05) is 16.6 Å². The maximum absolute atomic E-state index is 11.3. The molecule has 1 atom stereocenters. The SMILES string of the molecule is Cc1cccc(C)c1OCC(CS(=O)(=O)Cl)C(C)(C)C. The molecule has 0 bridgehead atoms. The van der Waals surface area contributed by atoms with E-state index in [0.29, 0.717) is 6.61 Å². The van der Waals surface area contributed by atoms with Gasteiger partial charge in [-0.1, -0.05) is 39.0 Å². The third-order valence-corrected chi connectivity index (χ3v) is 4.64. The first-order chi connectivity index (χ1) is 9.00. The van der Waals surface area contributed by atoms with Gasteiger partial charge >= 0.3 is 0 Å². The number of halogens is 1. The molecule has 114 valence electrons. The van der Waals surface area contributed by atoms with Gasteiger partial charge in [0.05, 0.1) is 12.4 Å². The minimum atomic E-state index is -3.54. The van der Waals surface area contributed by atoms with Crippen LogP contribution in [0.3, 0.4) is 0 Å². The van der Waals surface area contributed by atoms with Crippen molar-refractivity contribution in [3.8, 4) is 5.75 Å². The van der Waals surface area contributed by atoms with Gasteiger partial charge in [0.15, 0.2) is 0 Å². The Balaban J connectivity index is 2.87. The molecule has 0 saturated heterocycles. The normalized spacial score (nSPS) is 14.1. The van der Waals surface area contributed by atoms with Gasteiger partial charge in [-0.25, -0.2) is 8.42 Å². The minimum absolute atomic E-state index is 0.0804. The Hall–Kier alpha value is -0.740. The fraction of sp³-hybridized carbons (Fsp3) is 0.600. The molecule has 0 spiro atoms. The highest BCUT2D eigenvalue weighted by atomic mass is 35.7. The van der Waals surface area contributed by atoms with Crippen LogP contribution in [0, 0.1) is 25.2 Å². The lowest BCUT2D eigenvalue weighted by molar-refractivity contribution is 0.162. The summed E-state index contributed by atoms with van der Waals surface area (Å²) >= 11 is 0. The van der Waals surface area contributed by atoms with Crippen molar-refractivity contribution >= 4 is 19.7 Å². The van der Waals surface area contributed by atoms with Crippen molar-refractivity contribution in [3.05, 3.63) is 29.3 Å². The molecule has 0 amide bonds. The highest BCUT2D eigenvalue weighted by Crippen LogP contribution is 2.30.